The van der Waals surface area contributed by atoms with Gasteiger partial charge in [-0.2, -0.15) is 0 Å². The molecule has 2 N–H and O–H groups in total. The van der Waals surface area contributed by atoms with Crippen LogP contribution < -0.4 is 15.2 Å². The van der Waals surface area contributed by atoms with E-state index in [2.05, 4.69) is 6.92 Å². The molecule has 1 aromatic rings. The van der Waals surface area contributed by atoms with Crippen LogP contribution in [0.25, 0.3) is 0 Å². The van der Waals surface area contributed by atoms with Gasteiger partial charge < -0.3 is 19.9 Å². The summed E-state index contributed by atoms with van der Waals surface area (Å²) in [6.45, 7) is 5.88. The van der Waals surface area contributed by atoms with Crippen LogP contribution in [0.5, 0.6) is 11.5 Å². The second-order valence-electron chi connectivity index (χ2n) is 5.17. The van der Waals surface area contributed by atoms with Crippen LogP contribution in [0.2, 0.25) is 0 Å². The van der Waals surface area contributed by atoms with Gasteiger partial charge in [0.1, 0.15) is 6.61 Å². The van der Waals surface area contributed by atoms with Gasteiger partial charge in [-0.3, -0.25) is 0 Å². The Morgan fingerprint density at radius 2 is 2.15 bits per heavy atom. The van der Waals surface area contributed by atoms with Gasteiger partial charge in [0.05, 0.1) is 18.8 Å². The number of benzene rings is 1. The molecule has 112 valence electrons. The van der Waals surface area contributed by atoms with Crippen molar-refractivity contribution in [1.82, 2.24) is 0 Å². The van der Waals surface area contributed by atoms with Crippen molar-refractivity contribution in [3.63, 3.8) is 0 Å². The molecule has 0 amide bonds. The Labute approximate surface area is 121 Å². The lowest BCUT2D eigenvalue weighted by Gasteiger charge is -2.18. The molecule has 1 aromatic carbocycles. The van der Waals surface area contributed by atoms with Crippen molar-refractivity contribution in [2.45, 2.75) is 45.3 Å². The zero-order valence-electron chi connectivity index (χ0n) is 12.4. The molecule has 2 atom stereocenters. The molecule has 0 aromatic heterocycles. The zero-order chi connectivity index (χ0) is 14.4. The first-order chi connectivity index (χ1) is 9.74. The number of nitrogens with two attached hydrogens (primary N) is 1. The maximum Gasteiger partial charge on any atom is 0.164 e. The number of ether oxygens (including phenoxy) is 3. The van der Waals surface area contributed by atoms with Crippen LogP contribution in [-0.2, 0) is 11.2 Å². The maximum absolute atomic E-state index is 6.00. The molecule has 0 radical (unpaired) electrons. The largest absolute Gasteiger partial charge is 0.490 e. The summed E-state index contributed by atoms with van der Waals surface area (Å²) in [5, 5.41) is 0. The third-order valence-electron chi connectivity index (χ3n) is 3.51. The number of hydrogen-bond acceptors (Lipinski definition) is 4. The minimum Gasteiger partial charge on any atom is -0.490 e. The van der Waals surface area contributed by atoms with Gasteiger partial charge in [0.25, 0.3) is 0 Å². The molecule has 20 heavy (non-hydrogen) atoms. The Balaban J connectivity index is 2.06. The second-order valence-corrected chi connectivity index (χ2v) is 5.17. The summed E-state index contributed by atoms with van der Waals surface area (Å²) in [4.78, 5) is 0. The number of para-hydroxylation sites is 1. The quantitative estimate of drug-likeness (QED) is 0.833. The van der Waals surface area contributed by atoms with Gasteiger partial charge in [-0.25, -0.2) is 0 Å². The third-order valence-corrected chi connectivity index (χ3v) is 3.51. The Hall–Kier alpha value is -1.26. The van der Waals surface area contributed by atoms with Crippen molar-refractivity contribution in [1.29, 1.82) is 0 Å². The van der Waals surface area contributed by atoms with E-state index in [1.54, 1.807) is 0 Å². The second kappa shape index (κ2) is 7.50. The average molecular weight is 279 g/mol. The highest BCUT2D eigenvalue weighted by molar-refractivity contribution is 5.46. The number of hydrogen-bond donors (Lipinski definition) is 1. The van der Waals surface area contributed by atoms with Crippen LogP contribution in [0, 0.1) is 0 Å². The van der Waals surface area contributed by atoms with Gasteiger partial charge in [-0.1, -0.05) is 12.1 Å². The molecule has 0 spiro atoms. The van der Waals surface area contributed by atoms with Gasteiger partial charge in [0, 0.05) is 0 Å². The molecule has 4 heteroatoms. The van der Waals surface area contributed by atoms with Crippen molar-refractivity contribution in [2.75, 3.05) is 19.8 Å². The Morgan fingerprint density at radius 3 is 2.80 bits per heavy atom. The van der Waals surface area contributed by atoms with Crippen molar-refractivity contribution >= 4 is 0 Å². The Morgan fingerprint density at radius 1 is 1.30 bits per heavy atom. The van der Waals surface area contributed by atoms with Gasteiger partial charge in [-0.05, 0) is 51.3 Å². The molecule has 0 bridgehead atoms. The van der Waals surface area contributed by atoms with Gasteiger partial charge >= 0.3 is 0 Å². The summed E-state index contributed by atoms with van der Waals surface area (Å²) in [7, 11) is 0. The van der Waals surface area contributed by atoms with E-state index in [1.807, 2.05) is 25.1 Å². The van der Waals surface area contributed by atoms with Gasteiger partial charge in [-0.15, -0.1) is 0 Å². The summed E-state index contributed by atoms with van der Waals surface area (Å²) in [6, 6.07) is 5.97. The first-order valence-corrected chi connectivity index (χ1v) is 7.47. The maximum atomic E-state index is 6.00. The van der Waals surface area contributed by atoms with E-state index in [9.17, 15) is 0 Å². The normalized spacial score (nSPS) is 21.9. The van der Waals surface area contributed by atoms with Crippen molar-refractivity contribution in [2.24, 2.45) is 5.73 Å². The molecule has 1 fully saturated rings. The lowest BCUT2D eigenvalue weighted by Crippen LogP contribution is -2.19. The number of rotatable bonds is 7. The first-order valence-electron chi connectivity index (χ1n) is 7.47. The fraction of sp³-hybridized carbons (Fsp3) is 0.625. The molecule has 2 unspecified atom stereocenters. The summed E-state index contributed by atoms with van der Waals surface area (Å²) in [6.07, 6.45) is 3.48. The lowest BCUT2D eigenvalue weighted by atomic mass is 10.1. The van der Waals surface area contributed by atoms with Crippen LogP contribution in [0.1, 0.15) is 32.3 Å². The summed E-state index contributed by atoms with van der Waals surface area (Å²) in [5.41, 5.74) is 6.77. The molecule has 2 rings (SSSR count). The summed E-state index contributed by atoms with van der Waals surface area (Å²) in [5.74, 6) is 1.62. The Bertz CT molecular complexity index is 398. The van der Waals surface area contributed by atoms with Crippen LogP contribution in [0.15, 0.2) is 18.2 Å². The van der Waals surface area contributed by atoms with E-state index < -0.39 is 0 Å². The molecule has 4 nitrogen and oxygen atoms in total. The summed E-state index contributed by atoms with van der Waals surface area (Å²) < 4.78 is 17.4. The summed E-state index contributed by atoms with van der Waals surface area (Å²) >= 11 is 0. The molecule has 0 saturated carbocycles. The average Bonchev–Trinajstić information content (AvgIpc) is 2.84. The van der Waals surface area contributed by atoms with E-state index in [4.69, 9.17) is 19.9 Å². The smallest absolute Gasteiger partial charge is 0.164 e. The van der Waals surface area contributed by atoms with Crippen LogP contribution in [0.3, 0.4) is 0 Å². The fourth-order valence-electron chi connectivity index (χ4n) is 2.53. The van der Waals surface area contributed by atoms with Crippen molar-refractivity contribution in [3.05, 3.63) is 23.8 Å². The standard InChI is InChI=1S/C16H25NO3/c1-3-18-15-6-4-5-13(9-10-17)16(15)19-11-14-8-7-12(2)20-14/h4-6,12,14H,3,7-11,17H2,1-2H3. The van der Waals surface area contributed by atoms with E-state index in [0.29, 0.717) is 25.9 Å². The highest BCUT2D eigenvalue weighted by atomic mass is 16.6. The molecule has 1 aliphatic rings. The van der Waals surface area contributed by atoms with Crippen LogP contribution in [0.4, 0.5) is 0 Å². The topological polar surface area (TPSA) is 53.7 Å². The van der Waals surface area contributed by atoms with E-state index in [0.717, 1.165) is 36.3 Å². The fourth-order valence-corrected chi connectivity index (χ4v) is 2.53. The minimum absolute atomic E-state index is 0.186. The van der Waals surface area contributed by atoms with Gasteiger partial charge in [0.2, 0.25) is 0 Å². The minimum atomic E-state index is 0.186. The molecule has 1 saturated heterocycles. The monoisotopic (exact) mass is 279 g/mol. The molecular weight excluding hydrogens is 254 g/mol. The predicted octanol–water partition coefficient (Wildman–Crippen LogP) is 2.53. The highest BCUT2D eigenvalue weighted by Crippen LogP contribution is 2.32. The van der Waals surface area contributed by atoms with Crippen LogP contribution >= 0.6 is 0 Å². The SMILES string of the molecule is CCOc1cccc(CCN)c1OCC1CCC(C)O1. The van der Waals surface area contributed by atoms with Gasteiger partial charge in [0.15, 0.2) is 11.5 Å². The molecule has 1 aliphatic heterocycles. The van der Waals surface area contributed by atoms with E-state index in [1.165, 1.54) is 0 Å². The highest BCUT2D eigenvalue weighted by Gasteiger charge is 2.23. The van der Waals surface area contributed by atoms with Crippen molar-refractivity contribution in [3.8, 4) is 11.5 Å². The van der Waals surface area contributed by atoms with E-state index in [-0.39, 0.29) is 6.10 Å². The third kappa shape index (κ3) is 3.87. The molecule has 1 heterocycles. The van der Waals surface area contributed by atoms with E-state index >= 15 is 0 Å². The predicted molar refractivity (Wildman–Crippen MR) is 79.4 cm³/mol. The lowest BCUT2D eigenvalue weighted by molar-refractivity contribution is 0.0256. The molecular formula is C16H25NO3. The first kappa shape index (κ1) is 15.1. The van der Waals surface area contributed by atoms with Crippen LogP contribution in [-0.4, -0.2) is 32.0 Å². The molecule has 0 aliphatic carbocycles. The van der Waals surface area contributed by atoms with Crippen molar-refractivity contribution < 1.29 is 14.2 Å². The zero-order valence-corrected chi connectivity index (χ0v) is 12.4. The Kier molecular flexibility index (Phi) is 5.68.